The highest BCUT2D eigenvalue weighted by Gasteiger charge is 2.16. The fraction of sp³-hybridized carbons (Fsp3) is 0.500. The van der Waals surface area contributed by atoms with Crippen LogP contribution in [0.5, 0.6) is 0 Å². The van der Waals surface area contributed by atoms with Crippen molar-refractivity contribution in [3.8, 4) is 0 Å². The Bertz CT molecular complexity index is 395. The average Bonchev–Trinajstić information content (AvgIpc) is 2.24. The van der Waals surface area contributed by atoms with Gasteiger partial charge in [-0.15, -0.1) is 0 Å². The number of carbonyl (C=O) groups excluding carboxylic acids is 1. The van der Waals surface area contributed by atoms with Crippen molar-refractivity contribution < 1.29 is 9.53 Å². The van der Waals surface area contributed by atoms with Gasteiger partial charge in [-0.2, -0.15) is 0 Å². The summed E-state index contributed by atoms with van der Waals surface area (Å²) in [6, 6.07) is 7.63. The fourth-order valence-corrected chi connectivity index (χ4v) is 1.61. The van der Waals surface area contributed by atoms with Gasteiger partial charge in [0.25, 0.3) is 0 Å². The monoisotopic (exact) mass is 269 g/mol. The van der Waals surface area contributed by atoms with Crippen molar-refractivity contribution in [2.75, 3.05) is 6.54 Å². The van der Waals surface area contributed by atoms with E-state index in [1.807, 2.05) is 52.0 Å². The molecule has 0 amide bonds. The van der Waals surface area contributed by atoms with Crippen LogP contribution in [-0.4, -0.2) is 18.1 Å². The second-order valence-corrected chi connectivity index (χ2v) is 5.68. The SMILES string of the molecule is C[C@@H](NCC(=O)OC(C)(C)C)c1ccc(Cl)cc1. The van der Waals surface area contributed by atoms with E-state index >= 15 is 0 Å². The van der Waals surface area contributed by atoms with Gasteiger partial charge in [0.15, 0.2) is 0 Å². The molecule has 1 rings (SSSR count). The number of carbonyl (C=O) groups is 1. The Hall–Kier alpha value is -1.06. The molecule has 4 heteroatoms. The first kappa shape index (κ1) is 15.0. The molecule has 1 N–H and O–H groups in total. The minimum atomic E-state index is -0.442. The zero-order valence-corrected chi connectivity index (χ0v) is 12.0. The summed E-state index contributed by atoms with van der Waals surface area (Å²) in [5, 5.41) is 3.83. The number of esters is 1. The lowest BCUT2D eigenvalue weighted by molar-refractivity contribution is -0.153. The molecule has 0 aromatic heterocycles. The molecule has 0 aliphatic heterocycles. The highest BCUT2D eigenvalue weighted by molar-refractivity contribution is 6.30. The Morgan fingerprint density at radius 3 is 2.39 bits per heavy atom. The second kappa shape index (κ2) is 6.21. The van der Waals surface area contributed by atoms with E-state index in [1.165, 1.54) is 0 Å². The molecule has 18 heavy (non-hydrogen) atoms. The molecule has 0 bridgehead atoms. The van der Waals surface area contributed by atoms with Crippen molar-refractivity contribution in [2.45, 2.75) is 39.3 Å². The lowest BCUT2D eigenvalue weighted by Gasteiger charge is -2.21. The van der Waals surface area contributed by atoms with E-state index in [9.17, 15) is 4.79 Å². The number of halogens is 1. The number of rotatable bonds is 4. The molecule has 1 atom stereocenters. The van der Waals surface area contributed by atoms with Crippen LogP contribution in [0.3, 0.4) is 0 Å². The number of ether oxygens (including phenoxy) is 1. The molecule has 0 radical (unpaired) electrons. The lowest BCUT2D eigenvalue weighted by atomic mass is 10.1. The van der Waals surface area contributed by atoms with E-state index in [0.29, 0.717) is 5.02 Å². The normalized spacial score (nSPS) is 13.2. The minimum Gasteiger partial charge on any atom is -0.459 e. The van der Waals surface area contributed by atoms with Gasteiger partial charge in [-0.05, 0) is 45.4 Å². The van der Waals surface area contributed by atoms with Gasteiger partial charge >= 0.3 is 5.97 Å². The summed E-state index contributed by atoms with van der Waals surface area (Å²) in [6.07, 6.45) is 0. The van der Waals surface area contributed by atoms with Crippen molar-refractivity contribution in [1.82, 2.24) is 5.32 Å². The highest BCUT2D eigenvalue weighted by atomic mass is 35.5. The predicted molar refractivity (Wildman–Crippen MR) is 73.7 cm³/mol. The Morgan fingerprint density at radius 1 is 1.33 bits per heavy atom. The quantitative estimate of drug-likeness (QED) is 0.852. The molecule has 0 aliphatic carbocycles. The number of nitrogens with one attached hydrogen (secondary N) is 1. The fourth-order valence-electron chi connectivity index (χ4n) is 1.48. The Labute approximate surface area is 113 Å². The van der Waals surface area contributed by atoms with Crippen LogP contribution in [0, 0.1) is 0 Å². The summed E-state index contributed by atoms with van der Waals surface area (Å²) < 4.78 is 5.22. The molecule has 0 fully saturated rings. The maximum absolute atomic E-state index is 11.5. The van der Waals surface area contributed by atoms with Crippen LogP contribution in [0.1, 0.15) is 39.3 Å². The molecular weight excluding hydrogens is 250 g/mol. The summed E-state index contributed by atoms with van der Waals surface area (Å²) in [5.74, 6) is -0.247. The second-order valence-electron chi connectivity index (χ2n) is 5.24. The van der Waals surface area contributed by atoms with Crippen LogP contribution in [0.4, 0.5) is 0 Å². The van der Waals surface area contributed by atoms with Gasteiger partial charge in [-0.3, -0.25) is 4.79 Å². The smallest absolute Gasteiger partial charge is 0.320 e. The van der Waals surface area contributed by atoms with Gasteiger partial charge < -0.3 is 10.1 Å². The van der Waals surface area contributed by atoms with Gasteiger partial charge in [-0.1, -0.05) is 23.7 Å². The summed E-state index contributed by atoms with van der Waals surface area (Å²) in [5.41, 5.74) is 0.644. The standard InChI is InChI=1S/C14H20ClNO2/c1-10(11-5-7-12(15)8-6-11)16-9-13(17)18-14(2,3)4/h5-8,10,16H,9H2,1-4H3/t10-/m1/s1. The maximum atomic E-state index is 11.5. The molecule has 1 aromatic rings. The first-order valence-corrected chi connectivity index (χ1v) is 6.36. The molecule has 100 valence electrons. The third-order valence-electron chi connectivity index (χ3n) is 2.34. The van der Waals surface area contributed by atoms with Crippen molar-refractivity contribution in [2.24, 2.45) is 0 Å². The maximum Gasteiger partial charge on any atom is 0.320 e. The van der Waals surface area contributed by atoms with Crippen molar-refractivity contribution in [1.29, 1.82) is 0 Å². The number of hydrogen-bond acceptors (Lipinski definition) is 3. The van der Waals surface area contributed by atoms with Gasteiger partial charge in [0, 0.05) is 11.1 Å². The van der Waals surface area contributed by atoms with Crippen LogP contribution in [-0.2, 0) is 9.53 Å². The van der Waals surface area contributed by atoms with Crippen LogP contribution in [0.15, 0.2) is 24.3 Å². The predicted octanol–water partition coefficient (Wildman–Crippen LogP) is 3.33. The molecular formula is C14H20ClNO2. The van der Waals surface area contributed by atoms with Crippen molar-refractivity contribution >= 4 is 17.6 Å². The molecule has 0 aliphatic rings. The largest absolute Gasteiger partial charge is 0.459 e. The summed E-state index contributed by atoms with van der Waals surface area (Å²) in [4.78, 5) is 11.5. The Morgan fingerprint density at radius 2 is 1.89 bits per heavy atom. The topological polar surface area (TPSA) is 38.3 Å². The summed E-state index contributed by atoms with van der Waals surface area (Å²) >= 11 is 5.82. The van der Waals surface area contributed by atoms with Crippen LogP contribution < -0.4 is 5.32 Å². The van der Waals surface area contributed by atoms with Crippen LogP contribution in [0.2, 0.25) is 5.02 Å². The first-order chi connectivity index (χ1) is 8.28. The average molecular weight is 270 g/mol. The van der Waals surface area contributed by atoms with E-state index in [0.717, 1.165) is 5.56 Å². The van der Waals surface area contributed by atoms with Crippen LogP contribution in [0.25, 0.3) is 0 Å². The summed E-state index contributed by atoms with van der Waals surface area (Å²) in [7, 11) is 0. The van der Waals surface area contributed by atoms with Crippen LogP contribution >= 0.6 is 11.6 Å². The van der Waals surface area contributed by atoms with Gasteiger partial charge in [-0.25, -0.2) is 0 Å². The third kappa shape index (κ3) is 5.52. The molecule has 3 nitrogen and oxygen atoms in total. The molecule has 0 heterocycles. The number of benzene rings is 1. The molecule has 0 saturated heterocycles. The van der Waals surface area contributed by atoms with Gasteiger partial charge in [0.2, 0.25) is 0 Å². The van der Waals surface area contributed by atoms with Crippen molar-refractivity contribution in [3.05, 3.63) is 34.9 Å². The number of hydrogen-bond donors (Lipinski definition) is 1. The zero-order chi connectivity index (χ0) is 13.8. The molecule has 0 unspecified atom stereocenters. The van der Waals surface area contributed by atoms with E-state index in [1.54, 1.807) is 0 Å². The van der Waals surface area contributed by atoms with Crippen molar-refractivity contribution in [3.63, 3.8) is 0 Å². The van der Waals surface area contributed by atoms with E-state index in [-0.39, 0.29) is 18.6 Å². The molecule has 0 saturated carbocycles. The van der Waals surface area contributed by atoms with Gasteiger partial charge in [0.1, 0.15) is 5.60 Å². The van der Waals surface area contributed by atoms with E-state index in [4.69, 9.17) is 16.3 Å². The summed E-state index contributed by atoms with van der Waals surface area (Å²) in [6.45, 7) is 7.75. The Kier molecular flexibility index (Phi) is 5.17. The first-order valence-electron chi connectivity index (χ1n) is 5.98. The minimum absolute atomic E-state index is 0.0785. The highest BCUT2D eigenvalue weighted by Crippen LogP contribution is 2.16. The van der Waals surface area contributed by atoms with E-state index in [2.05, 4.69) is 5.32 Å². The zero-order valence-electron chi connectivity index (χ0n) is 11.3. The molecule has 0 spiro atoms. The van der Waals surface area contributed by atoms with E-state index < -0.39 is 5.60 Å². The third-order valence-corrected chi connectivity index (χ3v) is 2.59. The lowest BCUT2D eigenvalue weighted by Crippen LogP contribution is -2.32. The molecule has 1 aromatic carbocycles. The Balaban J connectivity index is 2.44. The van der Waals surface area contributed by atoms with Gasteiger partial charge in [0.05, 0.1) is 6.54 Å².